The number of ketones is 2. The van der Waals surface area contributed by atoms with E-state index in [1.54, 1.807) is 19.1 Å². The van der Waals surface area contributed by atoms with E-state index in [2.05, 4.69) is 0 Å². The normalized spacial score (nSPS) is 11.6. The van der Waals surface area contributed by atoms with Crippen LogP contribution in [0.1, 0.15) is 34.1 Å². The Hall–Kier alpha value is -2.53. The molecule has 0 spiro atoms. The van der Waals surface area contributed by atoms with E-state index in [1.807, 2.05) is 0 Å². The number of hydrogen-bond acceptors (Lipinski definition) is 4. The van der Waals surface area contributed by atoms with Crippen molar-refractivity contribution in [3.63, 3.8) is 0 Å². The number of hydrogen-bond donors (Lipinski definition) is 0. The second-order valence-corrected chi connectivity index (χ2v) is 5.75. The van der Waals surface area contributed by atoms with Crippen LogP contribution in [0.5, 0.6) is 0 Å². The molecule has 0 fully saturated rings. The summed E-state index contributed by atoms with van der Waals surface area (Å²) in [5.74, 6) is -3.53. The molecular formula is C19H16ClFO4. The first kappa shape index (κ1) is 18.8. The Morgan fingerprint density at radius 2 is 1.56 bits per heavy atom. The molecular weight excluding hydrogens is 347 g/mol. The zero-order valence-electron chi connectivity index (χ0n) is 13.5. The predicted molar refractivity (Wildman–Crippen MR) is 91.3 cm³/mol. The summed E-state index contributed by atoms with van der Waals surface area (Å²) < 4.78 is 17.9. The highest BCUT2D eigenvalue weighted by Crippen LogP contribution is 2.19. The molecule has 0 heterocycles. The van der Waals surface area contributed by atoms with Crippen molar-refractivity contribution in [2.45, 2.75) is 13.3 Å². The van der Waals surface area contributed by atoms with Gasteiger partial charge in [0.15, 0.2) is 11.6 Å². The smallest absolute Gasteiger partial charge is 0.317 e. The van der Waals surface area contributed by atoms with Crippen LogP contribution in [0.3, 0.4) is 0 Å². The van der Waals surface area contributed by atoms with Crippen LogP contribution in [-0.2, 0) is 9.53 Å². The van der Waals surface area contributed by atoms with Crippen molar-refractivity contribution >= 4 is 29.1 Å². The molecule has 130 valence electrons. The zero-order chi connectivity index (χ0) is 18.4. The highest BCUT2D eigenvalue weighted by molar-refractivity contribution is 6.30. The molecule has 0 amide bonds. The van der Waals surface area contributed by atoms with Crippen LogP contribution < -0.4 is 0 Å². The SMILES string of the molecule is CCOC(=O)C(CC(=O)c1ccc(Cl)cc1)C(=O)c1ccc(F)cc1. The third-order valence-electron chi connectivity index (χ3n) is 3.57. The Morgan fingerprint density at radius 3 is 2.12 bits per heavy atom. The van der Waals surface area contributed by atoms with Crippen LogP contribution in [-0.4, -0.2) is 24.1 Å². The van der Waals surface area contributed by atoms with Crippen LogP contribution in [0.15, 0.2) is 48.5 Å². The van der Waals surface area contributed by atoms with E-state index < -0.39 is 23.5 Å². The summed E-state index contributed by atoms with van der Waals surface area (Å²) in [6.45, 7) is 1.69. The predicted octanol–water partition coefficient (Wildman–Crippen LogP) is 4.11. The number of Topliss-reactive ketones (excluding diaryl/α,β-unsaturated/α-hetero) is 2. The minimum absolute atomic E-state index is 0.0845. The van der Waals surface area contributed by atoms with E-state index in [0.717, 1.165) is 12.1 Å². The molecule has 2 rings (SSSR count). The molecule has 0 radical (unpaired) electrons. The van der Waals surface area contributed by atoms with Gasteiger partial charge in [0.25, 0.3) is 0 Å². The first-order chi connectivity index (χ1) is 11.9. The average molecular weight is 363 g/mol. The Labute approximate surface area is 149 Å². The van der Waals surface area contributed by atoms with Crippen molar-refractivity contribution < 1.29 is 23.5 Å². The molecule has 2 aromatic rings. The Kier molecular flexibility index (Phi) is 6.42. The molecule has 25 heavy (non-hydrogen) atoms. The fourth-order valence-corrected chi connectivity index (χ4v) is 2.41. The lowest BCUT2D eigenvalue weighted by molar-refractivity contribution is -0.146. The lowest BCUT2D eigenvalue weighted by Gasteiger charge is -2.14. The zero-order valence-corrected chi connectivity index (χ0v) is 14.3. The average Bonchev–Trinajstić information content (AvgIpc) is 2.60. The van der Waals surface area contributed by atoms with Crippen LogP contribution in [0.2, 0.25) is 5.02 Å². The number of rotatable bonds is 7. The number of carbonyl (C=O) groups excluding carboxylic acids is 3. The quantitative estimate of drug-likeness (QED) is 0.422. The van der Waals surface area contributed by atoms with Crippen molar-refractivity contribution in [1.82, 2.24) is 0 Å². The molecule has 0 aromatic heterocycles. The lowest BCUT2D eigenvalue weighted by Crippen LogP contribution is -2.29. The topological polar surface area (TPSA) is 60.4 Å². The third kappa shape index (κ3) is 4.97. The summed E-state index contributed by atoms with van der Waals surface area (Å²) in [4.78, 5) is 37.2. The van der Waals surface area contributed by atoms with Gasteiger partial charge in [0.1, 0.15) is 11.7 Å². The van der Waals surface area contributed by atoms with Crippen molar-refractivity contribution in [2.75, 3.05) is 6.61 Å². The fourth-order valence-electron chi connectivity index (χ4n) is 2.28. The van der Waals surface area contributed by atoms with E-state index in [-0.39, 0.29) is 24.4 Å². The summed E-state index contributed by atoms with van der Waals surface area (Å²) in [7, 11) is 0. The van der Waals surface area contributed by atoms with Gasteiger partial charge in [-0.05, 0) is 55.5 Å². The number of halogens is 2. The molecule has 2 aromatic carbocycles. The highest BCUT2D eigenvalue weighted by atomic mass is 35.5. The van der Waals surface area contributed by atoms with Gasteiger partial charge in [-0.2, -0.15) is 0 Å². The molecule has 0 aliphatic carbocycles. The van der Waals surface area contributed by atoms with Gasteiger partial charge in [0.2, 0.25) is 0 Å². The van der Waals surface area contributed by atoms with Gasteiger partial charge in [-0.25, -0.2) is 4.39 Å². The minimum Gasteiger partial charge on any atom is -0.465 e. The largest absolute Gasteiger partial charge is 0.465 e. The molecule has 0 aliphatic rings. The first-order valence-electron chi connectivity index (χ1n) is 7.67. The number of esters is 1. The lowest BCUT2D eigenvalue weighted by atomic mass is 9.91. The second-order valence-electron chi connectivity index (χ2n) is 5.31. The monoisotopic (exact) mass is 362 g/mol. The maximum atomic E-state index is 13.0. The maximum Gasteiger partial charge on any atom is 0.317 e. The molecule has 0 saturated carbocycles. The van der Waals surface area contributed by atoms with Crippen molar-refractivity contribution in [3.05, 3.63) is 70.5 Å². The van der Waals surface area contributed by atoms with Gasteiger partial charge < -0.3 is 4.74 Å². The van der Waals surface area contributed by atoms with Crippen LogP contribution in [0.25, 0.3) is 0 Å². The van der Waals surface area contributed by atoms with E-state index in [9.17, 15) is 18.8 Å². The van der Waals surface area contributed by atoms with Crippen molar-refractivity contribution in [3.8, 4) is 0 Å². The second kappa shape index (κ2) is 8.53. The minimum atomic E-state index is -1.28. The number of carbonyl (C=O) groups is 3. The van der Waals surface area contributed by atoms with Crippen LogP contribution in [0.4, 0.5) is 4.39 Å². The Bertz CT molecular complexity index is 769. The summed E-state index contributed by atoms with van der Waals surface area (Å²) in [6.07, 6.45) is -0.337. The number of ether oxygens (including phenoxy) is 1. The standard InChI is InChI=1S/C19H16ClFO4/c1-2-25-19(24)16(18(23)13-5-9-15(21)10-6-13)11-17(22)12-3-7-14(20)8-4-12/h3-10,16H,2,11H2,1H3. The Morgan fingerprint density at radius 1 is 1.00 bits per heavy atom. The summed E-state index contributed by atoms with van der Waals surface area (Å²) >= 11 is 5.79. The van der Waals surface area contributed by atoms with Gasteiger partial charge in [-0.15, -0.1) is 0 Å². The summed E-state index contributed by atoms with van der Waals surface area (Å²) in [5, 5.41) is 0.473. The molecule has 0 saturated heterocycles. The fraction of sp³-hybridized carbons (Fsp3) is 0.211. The van der Waals surface area contributed by atoms with Gasteiger partial charge >= 0.3 is 5.97 Å². The molecule has 0 aliphatic heterocycles. The van der Waals surface area contributed by atoms with Gasteiger partial charge in [0.05, 0.1) is 6.61 Å². The van der Waals surface area contributed by atoms with Crippen molar-refractivity contribution in [1.29, 1.82) is 0 Å². The summed E-state index contributed by atoms with van der Waals surface area (Å²) in [5.41, 5.74) is 0.481. The first-order valence-corrected chi connectivity index (χ1v) is 8.05. The van der Waals surface area contributed by atoms with E-state index in [4.69, 9.17) is 16.3 Å². The maximum absolute atomic E-state index is 13.0. The van der Waals surface area contributed by atoms with E-state index in [1.165, 1.54) is 24.3 Å². The highest BCUT2D eigenvalue weighted by Gasteiger charge is 2.31. The van der Waals surface area contributed by atoms with Gasteiger partial charge in [-0.1, -0.05) is 11.6 Å². The van der Waals surface area contributed by atoms with Gasteiger partial charge in [0, 0.05) is 22.6 Å². The van der Waals surface area contributed by atoms with Gasteiger partial charge in [-0.3, -0.25) is 14.4 Å². The van der Waals surface area contributed by atoms with Crippen LogP contribution in [0, 0.1) is 11.7 Å². The molecule has 6 heteroatoms. The number of benzene rings is 2. The van der Waals surface area contributed by atoms with E-state index in [0.29, 0.717) is 10.6 Å². The van der Waals surface area contributed by atoms with Crippen LogP contribution >= 0.6 is 11.6 Å². The molecule has 0 bridgehead atoms. The Balaban J connectivity index is 2.24. The molecule has 0 N–H and O–H groups in total. The molecule has 4 nitrogen and oxygen atoms in total. The van der Waals surface area contributed by atoms with E-state index >= 15 is 0 Å². The summed E-state index contributed by atoms with van der Waals surface area (Å²) in [6, 6.07) is 10.9. The molecule has 1 atom stereocenters. The molecule has 1 unspecified atom stereocenters. The van der Waals surface area contributed by atoms with Crippen molar-refractivity contribution in [2.24, 2.45) is 5.92 Å². The third-order valence-corrected chi connectivity index (χ3v) is 3.82.